The molecule has 84 valence electrons. The topological polar surface area (TPSA) is 92.8 Å². The molecular formula is C8H15N5O2. The van der Waals surface area contributed by atoms with Crippen LogP contribution < -0.4 is 5.32 Å². The van der Waals surface area contributed by atoms with Gasteiger partial charge in [0.1, 0.15) is 5.60 Å². The van der Waals surface area contributed by atoms with Crippen molar-refractivity contribution in [2.75, 3.05) is 0 Å². The number of nitrogens with one attached hydrogen (secondary N) is 2. The Labute approximate surface area is 87.6 Å². The lowest BCUT2D eigenvalue weighted by Gasteiger charge is -2.20. The standard InChI is InChI=1S/C8H15N5O2/c1-5(6-10-12-13-11-6)9-7(14)15-8(2,3)4/h5H,1-4H3,(H,9,14)(H,10,11,12,13)/t5-/m0/s1. The molecule has 1 heterocycles. The third kappa shape index (κ3) is 3.92. The molecule has 1 atom stereocenters. The van der Waals surface area contributed by atoms with E-state index in [0.717, 1.165) is 0 Å². The third-order valence-corrected chi connectivity index (χ3v) is 1.48. The smallest absolute Gasteiger partial charge is 0.408 e. The van der Waals surface area contributed by atoms with Gasteiger partial charge in [-0.15, -0.1) is 10.2 Å². The van der Waals surface area contributed by atoms with E-state index in [2.05, 4.69) is 25.9 Å². The lowest BCUT2D eigenvalue weighted by atomic mass is 10.2. The normalized spacial score (nSPS) is 13.3. The first-order valence-corrected chi connectivity index (χ1v) is 4.61. The van der Waals surface area contributed by atoms with Crippen LogP contribution in [0.2, 0.25) is 0 Å². The van der Waals surface area contributed by atoms with Crippen LogP contribution >= 0.6 is 0 Å². The Hall–Kier alpha value is -1.66. The number of rotatable bonds is 2. The fraction of sp³-hybridized carbons (Fsp3) is 0.750. The summed E-state index contributed by atoms with van der Waals surface area (Å²) in [4.78, 5) is 11.3. The fourth-order valence-electron chi connectivity index (χ4n) is 0.902. The molecule has 0 bridgehead atoms. The summed E-state index contributed by atoms with van der Waals surface area (Å²) >= 11 is 0. The van der Waals surface area contributed by atoms with E-state index in [-0.39, 0.29) is 6.04 Å². The zero-order valence-corrected chi connectivity index (χ0v) is 9.24. The molecule has 0 saturated heterocycles. The van der Waals surface area contributed by atoms with Gasteiger partial charge in [-0.2, -0.15) is 5.21 Å². The largest absolute Gasteiger partial charge is 0.444 e. The summed E-state index contributed by atoms with van der Waals surface area (Å²) in [6.07, 6.45) is -0.500. The number of ether oxygens (including phenoxy) is 1. The van der Waals surface area contributed by atoms with E-state index in [1.165, 1.54) is 0 Å². The molecule has 0 saturated carbocycles. The second-order valence-electron chi connectivity index (χ2n) is 4.14. The zero-order chi connectivity index (χ0) is 11.5. The van der Waals surface area contributed by atoms with Gasteiger partial charge in [-0.1, -0.05) is 5.21 Å². The predicted molar refractivity (Wildman–Crippen MR) is 52.0 cm³/mol. The van der Waals surface area contributed by atoms with Crippen LogP contribution in [-0.4, -0.2) is 32.3 Å². The molecule has 2 N–H and O–H groups in total. The quantitative estimate of drug-likeness (QED) is 0.757. The summed E-state index contributed by atoms with van der Waals surface area (Å²) in [5.41, 5.74) is -0.513. The monoisotopic (exact) mass is 213 g/mol. The molecule has 15 heavy (non-hydrogen) atoms. The zero-order valence-electron chi connectivity index (χ0n) is 9.24. The minimum absolute atomic E-state index is 0.335. The molecule has 1 rings (SSSR count). The van der Waals surface area contributed by atoms with Crippen molar-refractivity contribution in [2.24, 2.45) is 0 Å². The van der Waals surface area contributed by atoms with Gasteiger partial charge in [0.05, 0.1) is 6.04 Å². The van der Waals surface area contributed by atoms with E-state index in [9.17, 15) is 4.79 Å². The Kier molecular flexibility index (Phi) is 3.23. The van der Waals surface area contributed by atoms with Gasteiger partial charge >= 0.3 is 6.09 Å². The lowest BCUT2D eigenvalue weighted by molar-refractivity contribution is 0.0506. The highest BCUT2D eigenvalue weighted by Gasteiger charge is 2.19. The number of carbonyl (C=O) groups is 1. The molecule has 1 aromatic heterocycles. The van der Waals surface area contributed by atoms with Crippen molar-refractivity contribution in [3.05, 3.63) is 5.82 Å². The molecule has 0 aliphatic rings. The molecular weight excluding hydrogens is 198 g/mol. The van der Waals surface area contributed by atoms with E-state index in [0.29, 0.717) is 5.82 Å². The van der Waals surface area contributed by atoms with Gasteiger partial charge in [0, 0.05) is 0 Å². The molecule has 0 aliphatic carbocycles. The summed E-state index contributed by atoms with van der Waals surface area (Å²) < 4.78 is 5.07. The van der Waals surface area contributed by atoms with Crippen molar-refractivity contribution in [3.63, 3.8) is 0 Å². The number of amides is 1. The van der Waals surface area contributed by atoms with Crippen molar-refractivity contribution < 1.29 is 9.53 Å². The summed E-state index contributed by atoms with van der Waals surface area (Å²) in [5.74, 6) is 0.417. The van der Waals surface area contributed by atoms with Crippen LogP contribution in [0.25, 0.3) is 0 Å². The molecule has 0 spiro atoms. The first-order chi connectivity index (χ1) is 6.88. The van der Waals surface area contributed by atoms with Crippen LogP contribution in [0, 0.1) is 0 Å². The first-order valence-electron chi connectivity index (χ1n) is 4.61. The van der Waals surface area contributed by atoms with Crippen molar-refractivity contribution in [2.45, 2.75) is 39.3 Å². The van der Waals surface area contributed by atoms with Crippen molar-refractivity contribution in [1.82, 2.24) is 25.9 Å². The molecule has 0 aliphatic heterocycles. The van der Waals surface area contributed by atoms with Crippen LogP contribution in [0.1, 0.15) is 39.6 Å². The summed E-state index contributed by atoms with van der Waals surface area (Å²) in [6, 6.07) is -0.335. The fourth-order valence-corrected chi connectivity index (χ4v) is 0.902. The highest BCUT2D eigenvalue weighted by molar-refractivity contribution is 5.68. The highest BCUT2D eigenvalue weighted by Crippen LogP contribution is 2.09. The Morgan fingerprint density at radius 2 is 2.20 bits per heavy atom. The molecule has 7 nitrogen and oxygen atoms in total. The highest BCUT2D eigenvalue weighted by atomic mass is 16.6. The Morgan fingerprint density at radius 3 is 2.67 bits per heavy atom. The van der Waals surface area contributed by atoms with Gasteiger partial charge in [0.2, 0.25) is 0 Å². The van der Waals surface area contributed by atoms with E-state index >= 15 is 0 Å². The SMILES string of the molecule is C[C@H](NC(=O)OC(C)(C)C)c1nn[nH]n1. The maximum absolute atomic E-state index is 11.3. The van der Waals surface area contributed by atoms with Crippen molar-refractivity contribution in [3.8, 4) is 0 Å². The average molecular weight is 213 g/mol. The third-order valence-electron chi connectivity index (χ3n) is 1.48. The number of nitrogens with zero attached hydrogens (tertiary/aromatic N) is 3. The second kappa shape index (κ2) is 4.24. The second-order valence-corrected chi connectivity index (χ2v) is 4.14. The van der Waals surface area contributed by atoms with Crippen LogP contribution in [0.3, 0.4) is 0 Å². The Morgan fingerprint density at radius 1 is 1.53 bits per heavy atom. The number of hydrogen-bond acceptors (Lipinski definition) is 5. The average Bonchev–Trinajstić information content (AvgIpc) is 2.50. The lowest BCUT2D eigenvalue weighted by Crippen LogP contribution is -2.34. The van der Waals surface area contributed by atoms with Gasteiger partial charge in [-0.3, -0.25) is 0 Å². The van der Waals surface area contributed by atoms with Crippen molar-refractivity contribution in [1.29, 1.82) is 0 Å². The number of carbonyl (C=O) groups excluding carboxylic acids is 1. The molecule has 0 aromatic carbocycles. The maximum Gasteiger partial charge on any atom is 0.408 e. The molecule has 0 fully saturated rings. The van der Waals surface area contributed by atoms with E-state index in [1.54, 1.807) is 27.7 Å². The molecule has 0 radical (unpaired) electrons. The molecule has 1 amide bonds. The molecule has 1 aromatic rings. The summed E-state index contributed by atoms with van der Waals surface area (Å²) in [6.45, 7) is 7.14. The van der Waals surface area contributed by atoms with Gasteiger partial charge in [0.15, 0.2) is 5.82 Å². The summed E-state index contributed by atoms with van der Waals surface area (Å²) in [7, 11) is 0. The number of aromatic nitrogens is 4. The Balaban J connectivity index is 2.45. The van der Waals surface area contributed by atoms with Gasteiger partial charge < -0.3 is 10.1 Å². The van der Waals surface area contributed by atoms with Gasteiger partial charge in [-0.25, -0.2) is 4.79 Å². The van der Waals surface area contributed by atoms with E-state index in [1.807, 2.05) is 0 Å². The molecule has 0 unspecified atom stereocenters. The molecule has 7 heteroatoms. The number of aromatic amines is 1. The van der Waals surface area contributed by atoms with Crippen LogP contribution in [0.15, 0.2) is 0 Å². The number of hydrogen-bond donors (Lipinski definition) is 2. The minimum Gasteiger partial charge on any atom is -0.444 e. The van der Waals surface area contributed by atoms with Gasteiger partial charge in [-0.05, 0) is 27.7 Å². The van der Waals surface area contributed by atoms with E-state index in [4.69, 9.17) is 4.74 Å². The number of tetrazole rings is 1. The van der Waals surface area contributed by atoms with Crippen LogP contribution in [0.5, 0.6) is 0 Å². The Bertz CT molecular complexity index is 316. The number of alkyl carbamates (subject to hydrolysis) is 1. The van der Waals surface area contributed by atoms with Gasteiger partial charge in [0.25, 0.3) is 0 Å². The minimum atomic E-state index is -0.513. The first kappa shape index (κ1) is 11.4. The van der Waals surface area contributed by atoms with Crippen LogP contribution in [0.4, 0.5) is 4.79 Å². The van der Waals surface area contributed by atoms with Crippen molar-refractivity contribution >= 4 is 6.09 Å². The number of H-pyrrole nitrogens is 1. The maximum atomic E-state index is 11.3. The summed E-state index contributed by atoms with van der Waals surface area (Å²) in [5, 5.41) is 15.8. The van der Waals surface area contributed by atoms with E-state index < -0.39 is 11.7 Å². The predicted octanol–water partition coefficient (Wildman–Crippen LogP) is 0.785. The van der Waals surface area contributed by atoms with Crippen LogP contribution in [-0.2, 0) is 4.74 Å².